The number of nitrogens with zero attached hydrogens (tertiary/aromatic N) is 4. The van der Waals surface area contributed by atoms with Crippen LogP contribution in [0.15, 0.2) is 42.4 Å². The molecule has 4 rings (SSSR count). The van der Waals surface area contributed by atoms with Gasteiger partial charge in [-0.3, -0.25) is 9.98 Å². The van der Waals surface area contributed by atoms with Gasteiger partial charge in [-0.05, 0) is 35.7 Å². The molecule has 1 aliphatic rings. The van der Waals surface area contributed by atoms with E-state index in [1.165, 1.54) is 0 Å². The maximum absolute atomic E-state index is 6.34. The lowest BCUT2D eigenvalue weighted by molar-refractivity contribution is -0.412. The van der Waals surface area contributed by atoms with E-state index >= 15 is 0 Å². The molecule has 0 radical (unpaired) electrons. The van der Waals surface area contributed by atoms with Crippen molar-refractivity contribution in [2.24, 2.45) is 5.73 Å². The van der Waals surface area contributed by atoms with E-state index in [0.717, 1.165) is 27.7 Å². The Morgan fingerprint density at radius 3 is 2.81 bits per heavy atom. The van der Waals surface area contributed by atoms with Crippen LogP contribution in [-0.2, 0) is 9.47 Å². The first kappa shape index (κ1) is 21.8. The van der Waals surface area contributed by atoms with Crippen molar-refractivity contribution in [2.45, 2.75) is 25.9 Å². The topological polar surface area (TPSA) is 122 Å². The van der Waals surface area contributed by atoms with E-state index in [4.69, 9.17) is 20.2 Å². The second kappa shape index (κ2) is 9.80. The lowest BCUT2D eigenvalue weighted by Crippen LogP contribution is -2.63. The minimum absolute atomic E-state index is 0.103. The van der Waals surface area contributed by atoms with E-state index < -0.39 is 0 Å². The van der Waals surface area contributed by atoms with Crippen molar-refractivity contribution in [3.05, 3.63) is 53.5 Å². The average Bonchev–Trinajstić information content (AvgIpc) is 2.76. The van der Waals surface area contributed by atoms with E-state index in [1.54, 1.807) is 12.4 Å². The Morgan fingerprint density at radius 1 is 1.25 bits per heavy atom. The minimum Gasteiger partial charge on any atom is -0.399 e. The van der Waals surface area contributed by atoms with E-state index in [9.17, 15) is 0 Å². The van der Waals surface area contributed by atoms with Gasteiger partial charge in [-0.25, -0.2) is 4.98 Å². The summed E-state index contributed by atoms with van der Waals surface area (Å²) in [4.78, 5) is 12.3. The van der Waals surface area contributed by atoms with Crippen LogP contribution in [-0.4, -0.2) is 59.4 Å². The highest BCUT2D eigenvalue weighted by Gasteiger charge is 2.20. The Balaban J connectivity index is 1.61. The Kier molecular flexibility index (Phi) is 6.67. The highest BCUT2D eigenvalue weighted by atomic mass is 16.6. The highest BCUT2D eigenvalue weighted by Crippen LogP contribution is 2.22. The standard InChI is InChI=1S/C23H27N7O2/c1-14(2)15-7-23(30-27-9-15)29-22-5-4-20-21(28-22)6-16(8-26-20)18(10-25-3)19(24)13-32-17-11-31-12-17/h4-10,14,17H,11-13,24H2,1-3H3,(H,28,29,30)/p+1. The third kappa shape index (κ3) is 5.06. The van der Waals surface area contributed by atoms with Gasteiger partial charge in [0.15, 0.2) is 12.0 Å². The zero-order valence-electron chi connectivity index (χ0n) is 18.5. The number of allylic oxidation sites excluding steroid dienone is 1. The molecule has 1 saturated heterocycles. The third-order valence-electron chi connectivity index (χ3n) is 5.16. The van der Waals surface area contributed by atoms with Crippen LogP contribution in [0.3, 0.4) is 0 Å². The van der Waals surface area contributed by atoms with Crippen LogP contribution < -0.4 is 16.0 Å². The maximum atomic E-state index is 6.34. The third-order valence-corrected chi connectivity index (χ3v) is 5.16. The molecule has 0 atom stereocenters. The molecule has 0 unspecified atom stereocenters. The predicted molar refractivity (Wildman–Crippen MR) is 124 cm³/mol. The molecule has 9 nitrogen and oxygen atoms in total. The van der Waals surface area contributed by atoms with E-state index in [-0.39, 0.29) is 6.10 Å². The summed E-state index contributed by atoms with van der Waals surface area (Å²) in [7, 11) is 1.83. The van der Waals surface area contributed by atoms with Crippen molar-refractivity contribution in [1.82, 2.24) is 20.2 Å². The summed E-state index contributed by atoms with van der Waals surface area (Å²) in [5.41, 5.74) is 11.3. The number of nitrogens with one attached hydrogen (secondary N) is 2. The van der Waals surface area contributed by atoms with Crippen LogP contribution in [0.2, 0.25) is 0 Å². The molecule has 32 heavy (non-hydrogen) atoms. The summed E-state index contributed by atoms with van der Waals surface area (Å²) >= 11 is 0. The van der Waals surface area contributed by atoms with Crippen molar-refractivity contribution in [2.75, 3.05) is 32.2 Å². The van der Waals surface area contributed by atoms with E-state index in [1.807, 2.05) is 37.5 Å². The quantitative estimate of drug-likeness (QED) is 0.452. The number of ether oxygens (including phenoxy) is 2. The molecule has 1 aliphatic heterocycles. The number of pyridine rings is 2. The molecule has 3 aromatic rings. The smallest absolute Gasteiger partial charge is 0.171 e. The number of aromatic nitrogens is 4. The molecule has 0 aliphatic carbocycles. The first-order valence-corrected chi connectivity index (χ1v) is 10.6. The summed E-state index contributed by atoms with van der Waals surface area (Å²) in [6, 6.07) is 7.74. The maximum Gasteiger partial charge on any atom is 0.171 e. The van der Waals surface area contributed by atoms with Gasteiger partial charge in [-0.1, -0.05) is 13.8 Å². The van der Waals surface area contributed by atoms with Gasteiger partial charge in [-0.2, -0.15) is 5.10 Å². The van der Waals surface area contributed by atoms with Gasteiger partial charge in [-0.15, -0.1) is 5.10 Å². The first-order valence-electron chi connectivity index (χ1n) is 10.6. The summed E-state index contributed by atoms with van der Waals surface area (Å²) in [5.74, 6) is 1.68. The molecule has 9 heteroatoms. The van der Waals surface area contributed by atoms with Crippen LogP contribution in [0.5, 0.6) is 0 Å². The van der Waals surface area contributed by atoms with Crippen LogP contribution in [0, 0.1) is 0 Å². The highest BCUT2D eigenvalue weighted by molar-refractivity contribution is 6.08. The molecule has 1 fully saturated rings. The minimum atomic E-state index is 0.103. The molecule has 0 amide bonds. The van der Waals surface area contributed by atoms with Gasteiger partial charge >= 0.3 is 0 Å². The molecule has 0 spiro atoms. The van der Waals surface area contributed by atoms with Gasteiger partial charge < -0.3 is 20.5 Å². The fraction of sp³-hybridized carbons (Fsp3) is 0.348. The van der Waals surface area contributed by atoms with Crippen LogP contribution in [0.1, 0.15) is 30.9 Å². The number of fused-ring (bicyclic) bond motifs is 1. The van der Waals surface area contributed by atoms with Gasteiger partial charge in [0.25, 0.3) is 0 Å². The number of nitrogens with two attached hydrogens (primary N) is 1. The second-order valence-electron chi connectivity index (χ2n) is 7.95. The molecule has 0 bridgehead atoms. The van der Waals surface area contributed by atoms with Gasteiger partial charge in [0.05, 0.1) is 42.6 Å². The monoisotopic (exact) mass is 434 g/mol. The molecule has 166 valence electrons. The van der Waals surface area contributed by atoms with E-state index in [0.29, 0.717) is 43.1 Å². The number of anilines is 2. The van der Waals surface area contributed by atoms with E-state index in [2.05, 4.69) is 39.3 Å². The second-order valence-corrected chi connectivity index (χ2v) is 7.95. The summed E-state index contributed by atoms with van der Waals surface area (Å²) < 4.78 is 10.9. The van der Waals surface area contributed by atoms with Crippen molar-refractivity contribution in [3.63, 3.8) is 0 Å². The Hall–Kier alpha value is -3.43. The average molecular weight is 435 g/mol. The molecule has 4 heterocycles. The zero-order valence-corrected chi connectivity index (χ0v) is 18.5. The van der Waals surface area contributed by atoms with Gasteiger partial charge in [0.2, 0.25) is 0 Å². The van der Waals surface area contributed by atoms with Crippen LogP contribution >= 0.6 is 0 Å². The zero-order chi connectivity index (χ0) is 22.5. The Bertz CT molecular complexity index is 1160. The SMILES string of the molecule is C[NH+]=CC(=C(N)COC1COC1)c1cnc2ccc(Nc3cc(C(C)C)cnn3)nc2c1. The van der Waals surface area contributed by atoms with Crippen molar-refractivity contribution < 1.29 is 14.5 Å². The summed E-state index contributed by atoms with van der Waals surface area (Å²) in [6.07, 6.45) is 5.51. The first-order chi connectivity index (χ1) is 15.5. The van der Waals surface area contributed by atoms with Crippen LogP contribution in [0.25, 0.3) is 16.6 Å². The normalized spacial score (nSPS) is 15.2. The largest absolute Gasteiger partial charge is 0.399 e. The molecular formula is C23H28N7O2+. The number of rotatable bonds is 8. The lowest BCUT2D eigenvalue weighted by Gasteiger charge is -2.26. The molecule has 0 saturated carbocycles. The Labute approximate surface area is 186 Å². The number of hydrogen-bond acceptors (Lipinski definition) is 8. The number of hydrogen-bond donors (Lipinski definition) is 3. The van der Waals surface area contributed by atoms with Crippen molar-refractivity contribution in [1.29, 1.82) is 0 Å². The lowest BCUT2D eigenvalue weighted by atomic mass is 10.1. The van der Waals surface area contributed by atoms with Crippen molar-refractivity contribution in [3.8, 4) is 0 Å². The van der Waals surface area contributed by atoms with Gasteiger partial charge in [0.1, 0.15) is 19.0 Å². The predicted octanol–water partition coefficient (Wildman–Crippen LogP) is 1.15. The van der Waals surface area contributed by atoms with Gasteiger partial charge in [0, 0.05) is 17.5 Å². The Morgan fingerprint density at radius 2 is 2.09 bits per heavy atom. The molecule has 3 aromatic heterocycles. The summed E-state index contributed by atoms with van der Waals surface area (Å²) in [5, 5.41) is 11.5. The molecule has 4 N–H and O–H groups in total. The fourth-order valence-electron chi connectivity index (χ4n) is 3.21. The fourth-order valence-corrected chi connectivity index (χ4v) is 3.21. The molecule has 0 aromatic carbocycles. The summed E-state index contributed by atoms with van der Waals surface area (Å²) in [6.45, 7) is 5.78. The van der Waals surface area contributed by atoms with Crippen LogP contribution in [0.4, 0.5) is 11.6 Å². The van der Waals surface area contributed by atoms with Crippen molar-refractivity contribution >= 4 is 34.5 Å². The molecular weight excluding hydrogens is 406 g/mol.